The van der Waals surface area contributed by atoms with Gasteiger partial charge in [0.05, 0.1) is 0 Å². The number of allylic oxidation sites excluding steroid dienone is 2. The van der Waals surface area contributed by atoms with Gasteiger partial charge >= 0.3 is 0 Å². The predicted molar refractivity (Wildman–Crippen MR) is 56.0 cm³/mol. The Morgan fingerprint density at radius 1 is 1.23 bits per heavy atom. The van der Waals surface area contributed by atoms with E-state index >= 15 is 0 Å². The molecule has 0 bridgehead atoms. The molecule has 0 aliphatic rings. The zero-order valence-electron chi connectivity index (χ0n) is 7.80. The van der Waals surface area contributed by atoms with E-state index in [-0.39, 0.29) is 10.8 Å². The molecule has 4 heteroatoms. The van der Waals surface area contributed by atoms with Crippen LogP contribution in [0.2, 0.25) is 0 Å². The van der Waals surface area contributed by atoms with Crippen LogP contribution in [0.5, 0.6) is 0 Å². The van der Waals surface area contributed by atoms with Crippen LogP contribution in [0.3, 0.4) is 0 Å². The normalized spacial score (nSPS) is 11.2. The van der Waals surface area contributed by atoms with E-state index in [4.69, 9.17) is 32.7 Å². The SMILES string of the molecule is CCOC(/C=C/C=C(Cl)Cl)OCC. The third kappa shape index (κ3) is 8.31. The van der Waals surface area contributed by atoms with Crippen LogP contribution in [0.4, 0.5) is 0 Å². The third-order valence-corrected chi connectivity index (χ3v) is 1.40. The molecule has 2 nitrogen and oxygen atoms in total. The first-order chi connectivity index (χ1) is 6.20. The highest BCUT2D eigenvalue weighted by atomic mass is 35.5. The first-order valence-corrected chi connectivity index (χ1v) is 4.89. The fourth-order valence-corrected chi connectivity index (χ4v) is 0.852. The minimum Gasteiger partial charge on any atom is -0.349 e. The zero-order chi connectivity index (χ0) is 10.1. The van der Waals surface area contributed by atoms with Crippen LogP contribution >= 0.6 is 23.2 Å². The maximum atomic E-state index is 5.41. The summed E-state index contributed by atoms with van der Waals surface area (Å²) in [6.45, 7) is 5.02. The molecule has 0 saturated carbocycles. The van der Waals surface area contributed by atoms with Gasteiger partial charge in [-0.1, -0.05) is 29.3 Å². The van der Waals surface area contributed by atoms with E-state index in [0.717, 1.165) is 0 Å². The van der Waals surface area contributed by atoms with E-state index in [2.05, 4.69) is 0 Å². The van der Waals surface area contributed by atoms with Crippen molar-refractivity contribution in [2.45, 2.75) is 20.1 Å². The molecule has 0 aromatic carbocycles. The van der Waals surface area contributed by atoms with Gasteiger partial charge in [-0.25, -0.2) is 0 Å². The minimum absolute atomic E-state index is 0.211. The van der Waals surface area contributed by atoms with E-state index in [1.54, 1.807) is 18.2 Å². The Bertz CT molecular complexity index is 168. The van der Waals surface area contributed by atoms with Crippen molar-refractivity contribution < 1.29 is 9.47 Å². The third-order valence-electron chi connectivity index (χ3n) is 1.15. The zero-order valence-corrected chi connectivity index (χ0v) is 9.31. The molecule has 0 aliphatic carbocycles. The summed E-state index contributed by atoms with van der Waals surface area (Å²) in [5.41, 5.74) is 0. The minimum atomic E-state index is -0.320. The summed E-state index contributed by atoms with van der Waals surface area (Å²) in [6, 6.07) is 0. The standard InChI is InChI=1S/C9H14Cl2O2/c1-3-12-9(13-4-2)7-5-6-8(10)11/h5-7,9H,3-4H2,1-2H3/b7-5+. The molecule has 0 N–H and O–H groups in total. The molecule has 0 heterocycles. The lowest BCUT2D eigenvalue weighted by Crippen LogP contribution is -2.13. The molecule has 0 atom stereocenters. The second-order valence-corrected chi connectivity index (χ2v) is 3.13. The van der Waals surface area contributed by atoms with Crippen LogP contribution < -0.4 is 0 Å². The van der Waals surface area contributed by atoms with Crippen molar-refractivity contribution in [3.63, 3.8) is 0 Å². The summed E-state index contributed by atoms with van der Waals surface area (Å²) in [6.07, 6.45) is 4.69. The van der Waals surface area contributed by atoms with E-state index in [1.807, 2.05) is 13.8 Å². The summed E-state index contributed by atoms with van der Waals surface area (Å²) in [5.74, 6) is 0. The Hall–Kier alpha value is -0.0200. The molecule has 76 valence electrons. The second-order valence-electron chi connectivity index (χ2n) is 2.12. The number of hydrogen-bond donors (Lipinski definition) is 0. The highest BCUT2D eigenvalue weighted by Gasteiger charge is 2.00. The van der Waals surface area contributed by atoms with Gasteiger partial charge in [0, 0.05) is 13.2 Å². The lowest BCUT2D eigenvalue weighted by atomic mass is 10.4. The van der Waals surface area contributed by atoms with Crippen molar-refractivity contribution in [1.82, 2.24) is 0 Å². The molecule has 0 saturated heterocycles. The molecule has 0 aromatic heterocycles. The predicted octanol–water partition coefficient (Wildman–Crippen LogP) is 3.26. The van der Waals surface area contributed by atoms with Crippen molar-refractivity contribution in [3.05, 3.63) is 22.7 Å². The van der Waals surface area contributed by atoms with Crippen molar-refractivity contribution in [3.8, 4) is 0 Å². The quantitative estimate of drug-likeness (QED) is 0.510. The van der Waals surface area contributed by atoms with Gasteiger partial charge in [0.15, 0.2) is 6.29 Å². The van der Waals surface area contributed by atoms with E-state index < -0.39 is 0 Å². The second kappa shape index (κ2) is 8.57. The summed E-state index contributed by atoms with van der Waals surface area (Å²) in [7, 11) is 0. The van der Waals surface area contributed by atoms with Gasteiger partial charge in [0.25, 0.3) is 0 Å². The van der Waals surface area contributed by atoms with E-state index in [1.165, 1.54) is 0 Å². The van der Waals surface area contributed by atoms with Crippen LogP contribution in [0, 0.1) is 0 Å². The summed E-state index contributed by atoms with van der Waals surface area (Å²) < 4.78 is 10.7. The van der Waals surface area contributed by atoms with Crippen molar-refractivity contribution in [2.24, 2.45) is 0 Å². The number of halogens is 2. The van der Waals surface area contributed by atoms with Gasteiger partial charge in [0.1, 0.15) is 4.49 Å². The Labute approximate surface area is 89.1 Å². The molecule has 13 heavy (non-hydrogen) atoms. The lowest BCUT2D eigenvalue weighted by Gasteiger charge is -2.11. The van der Waals surface area contributed by atoms with Crippen LogP contribution in [-0.4, -0.2) is 19.5 Å². The van der Waals surface area contributed by atoms with Crippen LogP contribution in [-0.2, 0) is 9.47 Å². The topological polar surface area (TPSA) is 18.5 Å². The van der Waals surface area contributed by atoms with E-state index in [0.29, 0.717) is 13.2 Å². The smallest absolute Gasteiger partial charge is 0.177 e. The number of hydrogen-bond acceptors (Lipinski definition) is 2. The van der Waals surface area contributed by atoms with Crippen LogP contribution in [0.15, 0.2) is 22.7 Å². The first kappa shape index (κ1) is 13.0. The Morgan fingerprint density at radius 2 is 1.77 bits per heavy atom. The van der Waals surface area contributed by atoms with Gasteiger partial charge in [-0.15, -0.1) is 0 Å². The van der Waals surface area contributed by atoms with Gasteiger partial charge in [-0.05, 0) is 26.0 Å². The monoisotopic (exact) mass is 224 g/mol. The Morgan fingerprint density at radius 3 is 2.15 bits per heavy atom. The number of rotatable bonds is 6. The van der Waals surface area contributed by atoms with Crippen molar-refractivity contribution >= 4 is 23.2 Å². The van der Waals surface area contributed by atoms with Gasteiger partial charge in [-0.3, -0.25) is 0 Å². The fraction of sp³-hybridized carbons (Fsp3) is 0.556. The van der Waals surface area contributed by atoms with Crippen molar-refractivity contribution in [1.29, 1.82) is 0 Å². The van der Waals surface area contributed by atoms with Gasteiger partial charge in [0.2, 0.25) is 0 Å². The average Bonchev–Trinajstić information content (AvgIpc) is 2.04. The highest BCUT2D eigenvalue weighted by Crippen LogP contribution is 2.06. The Balaban J connectivity index is 3.92. The van der Waals surface area contributed by atoms with Gasteiger partial charge in [-0.2, -0.15) is 0 Å². The summed E-state index contributed by atoms with van der Waals surface area (Å²) in [5, 5.41) is 0. The lowest BCUT2D eigenvalue weighted by molar-refractivity contribution is -0.103. The molecule has 0 spiro atoms. The molecule has 0 unspecified atom stereocenters. The molecule has 0 radical (unpaired) electrons. The average molecular weight is 225 g/mol. The first-order valence-electron chi connectivity index (χ1n) is 4.13. The van der Waals surface area contributed by atoms with Gasteiger partial charge < -0.3 is 9.47 Å². The largest absolute Gasteiger partial charge is 0.349 e. The summed E-state index contributed by atoms with van der Waals surface area (Å²) in [4.78, 5) is 0. The summed E-state index contributed by atoms with van der Waals surface area (Å²) >= 11 is 10.8. The molecule has 0 rings (SSSR count). The Kier molecular flexibility index (Phi) is 8.56. The van der Waals surface area contributed by atoms with E-state index in [9.17, 15) is 0 Å². The molecule has 0 amide bonds. The molecule has 0 aliphatic heterocycles. The highest BCUT2D eigenvalue weighted by molar-refractivity contribution is 6.55. The van der Waals surface area contributed by atoms with Crippen LogP contribution in [0.1, 0.15) is 13.8 Å². The molecule has 0 aromatic rings. The maximum absolute atomic E-state index is 5.41. The molecule has 0 fully saturated rings. The van der Waals surface area contributed by atoms with Crippen LogP contribution in [0.25, 0.3) is 0 Å². The fourth-order valence-electron chi connectivity index (χ4n) is 0.707. The van der Waals surface area contributed by atoms with Crippen molar-refractivity contribution in [2.75, 3.05) is 13.2 Å². The molecular weight excluding hydrogens is 211 g/mol. The number of ether oxygens (including phenoxy) is 2. The molecular formula is C9H14Cl2O2. The maximum Gasteiger partial charge on any atom is 0.177 e.